The van der Waals surface area contributed by atoms with Crippen LogP contribution in [0.4, 0.5) is 0 Å². The molecule has 8 N–H and O–H groups in total. The lowest BCUT2D eigenvalue weighted by Crippen LogP contribution is -2.46. The summed E-state index contributed by atoms with van der Waals surface area (Å²) in [7, 11) is 0. The Labute approximate surface area is 96.7 Å². The summed E-state index contributed by atoms with van der Waals surface area (Å²) < 4.78 is 0. The molecular weight excluding hydrogens is 238 g/mol. The molecule has 0 aromatic carbocycles. The summed E-state index contributed by atoms with van der Waals surface area (Å²) in [5.41, 5.74) is 4.57. The van der Waals surface area contributed by atoms with Gasteiger partial charge >= 0.3 is 5.97 Å². The maximum atomic E-state index is 9.90. The van der Waals surface area contributed by atoms with Crippen LogP contribution in [0.15, 0.2) is 0 Å². The second kappa shape index (κ2) is 10.1. The lowest BCUT2D eigenvalue weighted by molar-refractivity contribution is -0.136. The maximum absolute atomic E-state index is 9.90. The topological polar surface area (TPSA) is 182 Å². The number of aliphatic hydroxyl groups excluding tert-OH is 5. The molecule has 0 spiro atoms. The predicted molar refractivity (Wildman–Crippen MR) is 53.9 cm³/mol. The van der Waals surface area contributed by atoms with Gasteiger partial charge in [-0.3, -0.25) is 4.79 Å². The summed E-state index contributed by atoms with van der Waals surface area (Å²) in [6.45, 7) is -1.04. The number of rotatable bonds is 6. The van der Waals surface area contributed by atoms with E-state index in [1.807, 2.05) is 0 Å². The lowest BCUT2D eigenvalue weighted by atomic mass is 10.0. The second-order valence-corrected chi connectivity index (χ2v) is 2.96. The lowest BCUT2D eigenvalue weighted by Gasteiger charge is -2.22. The summed E-state index contributed by atoms with van der Waals surface area (Å²) >= 11 is 0. The molecule has 0 bridgehead atoms. The number of aliphatic hydroxyl groups is 5. The molecule has 0 fully saturated rings. The van der Waals surface area contributed by atoms with E-state index in [1.54, 1.807) is 0 Å². The zero-order valence-corrected chi connectivity index (χ0v) is 8.88. The Morgan fingerprint density at radius 3 is 1.82 bits per heavy atom. The molecule has 0 aromatic rings. The van der Waals surface area contributed by atoms with Crippen LogP contribution in [0.2, 0.25) is 0 Å². The molecule has 9 nitrogen and oxygen atoms in total. The number of hydrogen-bond acceptors (Lipinski definition) is 8. The summed E-state index contributed by atoms with van der Waals surface area (Å²) in [5.74, 6) is -0.968. The van der Waals surface area contributed by atoms with Crippen LogP contribution in [0.3, 0.4) is 0 Å². The zero-order chi connectivity index (χ0) is 14.0. The average Bonchev–Trinajstić information content (AvgIpc) is 2.35. The third-order valence-corrected chi connectivity index (χ3v) is 1.60. The molecule has 4 atom stereocenters. The fourth-order valence-electron chi connectivity index (χ4n) is 0.618. The summed E-state index contributed by atoms with van der Waals surface area (Å²) in [6, 6.07) is 0. The van der Waals surface area contributed by atoms with E-state index in [0.29, 0.717) is 0 Å². The molecule has 0 aromatic heterocycles. The third-order valence-electron chi connectivity index (χ3n) is 1.60. The number of aldehydes is 1. The quantitative estimate of drug-likeness (QED) is 0.230. The molecule has 0 aliphatic rings. The molecule has 0 heterocycles. The minimum absolute atomic E-state index is 0.0258. The molecule has 9 heteroatoms. The van der Waals surface area contributed by atoms with Crippen molar-refractivity contribution < 1.29 is 40.2 Å². The van der Waals surface area contributed by atoms with Crippen LogP contribution in [-0.2, 0) is 9.59 Å². The van der Waals surface area contributed by atoms with Crippen molar-refractivity contribution in [2.75, 3.05) is 13.2 Å². The van der Waals surface area contributed by atoms with Gasteiger partial charge in [-0.2, -0.15) is 0 Å². The number of carbonyl (C=O) groups is 2. The van der Waals surface area contributed by atoms with Crippen molar-refractivity contribution in [3.8, 4) is 0 Å². The Morgan fingerprint density at radius 1 is 1.18 bits per heavy atom. The highest BCUT2D eigenvalue weighted by Gasteiger charge is 2.29. The first-order valence-electron chi connectivity index (χ1n) is 4.52. The molecule has 0 radical (unpaired) electrons. The van der Waals surface area contributed by atoms with Crippen LogP contribution >= 0.6 is 0 Å². The summed E-state index contributed by atoms with van der Waals surface area (Å²) in [4.78, 5) is 19.1. The van der Waals surface area contributed by atoms with E-state index >= 15 is 0 Å². The smallest absolute Gasteiger partial charge is 0.317 e. The normalized spacial score (nSPS) is 17.1. The summed E-state index contributed by atoms with van der Waals surface area (Å²) in [6.07, 6.45) is -6.84. The fraction of sp³-hybridized carbons (Fsp3) is 0.750. The van der Waals surface area contributed by atoms with Crippen LogP contribution in [0.5, 0.6) is 0 Å². The third kappa shape index (κ3) is 8.68. The van der Waals surface area contributed by atoms with E-state index in [4.69, 9.17) is 30.6 Å². The first-order valence-corrected chi connectivity index (χ1v) is 4.52. The number of carbonyl (C=O) groups excluding carboxylic acids is 1. The van der Waals surface area contributed by atoms with Crippen LogP contribution in [-0.4, -0.2) is 80.5 Å². The van der Waals surface area contributed by atoms with Crippen LogP contribution in [0.25, 0.3) is 0 Å². The molecule has 0 unspecified atom stereocenters. The first kappa shape index (κ1) is 18.3. The van der Waals surface area contributed by atoms with Gasteiger partial charge in [0.15, 0.2) is 6.29 Å². The molecule has 17 heavy (non-hydrogen) atoms. The Morgan fingerprint density at radius 2 is 1.59 bits per heavy atom. The van der Waals surface area contributed by atoms with Gasteiger partial charge in [-0.15, -0.1) is 0 Å². The van der Waals surface area contributed by atoms with Gasteiger partial charge in [0.1, 0.15) is 24.4 Å². The molecule has 102 valence electrons. The highest BCUT2D eigenvalue weighted by Crippen LogP contribution is 2.02. The minimum atomic E-state index is -1.79. The van der Waals surface area contributed by atoms with E-state index in [1.165, 1.54) is 0 Å². The van der Waals surface area contributed by atoms with Crippen molar-refractivity contribution in [3.05, 3.63) is 0 Å². The first-order chi connectivity index (χ1) is 7.81. The Kier molecular flexibility index (Phi) is 10.8. The largest absolute Gasteiger partial charge is 0.480 e. The molecule has 0 rings (SSSR count). The fourth-order valence-corrected chi connectivity index (χ4v) is 0.618. The van der Waals surface area contributed by atoms with E-state index in [9.17, 15) is 9.59 Å². The van der Waals surface area contributed by atoms with E-state index in [2.05, 4.69) is 5.73 Å². The Hall–Kier alpha value is -1.10. The standard InChI is InChI=1S/C6H12O6.C2H5NO2/c7-1-3(9)5(11)6(12)4(10)2-8;3-1-2(4)5/h1,3-6,8-12H,2H2;1,3H2,(H,4,5)/t3-,4+,5+,6+;/m0./s1. The van der Waals surface area contributed by atoms with Gasteiger partial charge in [-0.05, 0) is 0 Å². The number of carboxylic acid groups (broad SMARTS) is 1. The van der Waals surface area contributed by atoms with Crippen molar-refractivity contribution in [1.29, 1.82) is 0 Å². The van der Waals surface area contributed by atoms with Gasteiger partial charge in [0, 0.05) is 0 Å². The number of aliphatic carboxylic acids is 1. The van der Waals surface area contributed by atoms with Crippen LogP contribution < -0.4 is 5.73 Å². The zero-order valence-electron chi connectivity index (χ0n) is 8.88. The van der Waals surface area contributed by atoms with Crippen molar-refractivity contribution in [3.63, 3.8) is 0 Å². The highest BCUT2D eigenvalue weighted by molar-refractivity contribution is 5.68. The van der Waals surface area contributed by atoms with Crippen LogP contribution in [0, 0.1) is 0 Å². The number of hydrogen-bond donors (Lipinski definition) is 7. The average molecular weight is 255 g/mol. The predicted octanol–water partition coefficient (Wildman–Crippen LogP) is -4.35. The number of nitrogens with two attached hydrogens (primary N) is 1. The minimum Gasteiger partial charge on any atom is -0.480 e. The highest BCUT2D eigenvalue weighted by atomic mass is 16.4. The SMILES string of the molecule is NCC(=O)O.O=C[C@H](O)[C@@H](O)[C@H](O)[C@H](O)CO. The van der Waals surface area contributed by atoms with Crippen molar-refractivity contribution in [2.24, 2.45) is 5.73 Å². The molecule has 0 saturated heterocycles. The van der Waals surface area contributed by atoms with E-state index < -0.39 is 37.0 Å². The van der Waals surface area contributed by atoms with Crippen molar-refractivity contribution in [1.82, 2.24) is 0 Å². The van der Waals surface area contributed by atoms with Crippen LogP contribution in [0.1, 0.15) is 0 Å². The van der Waals surface area contributed by atoms with Gasteiger partial charge in [0.25, 0.3) is 0 Å². The molecule has 0 amide bonds. The Bertz CT molecular complexity index is 224. The van der Waals surface area contributed by atoms with Gasteiger partial charge in [-0.1, -0.05) is 0 Å². The van der Waals surface area contributed by atoms with Crippen molar-refractivity contribution in [2.45, 2.75) is 24.4 Å². The van der Waals surface area contributed by atoms with Gasteiger partial charge < -0.3 is 41.2 Å². The maximum Gasteiger partial charge on any atom is 0.317 e. The van der Waals surface area contributed by atoms with Crippen molar-refractivity contribution >= 4 is 12.3 Å². The van der Waals surface area contributed by atoms with E-state index in [-0.39, 0.29) is 12.8 Å². The second-order valence-electron chi connectivity index (χ2n) is 2.96. The Balaban J connectivity index is 0. The molecule has 0 saturated carbocycles. The van der Waals surface area contributed by atoms with Gasteiger partial charge in [-0.25, -0.2) is 0 Å². The molecule has 0 aliphatic carbocycles. The van der Waals surface area contributed by atoms with Gasteiger partial charge in [0.05, 0.1) is 13.2 Å². The molecular formula is C8H17NO8. The summed E-state index contributed by atoms with van der Waals surface area (Å²) in [5, 5.41) is 51.1. The number of carboxylic acids is 1. The van der Waals surface area contributed by atoms with E-state index in [0.717, 1.165) is 0 Å². The monoisotopic (exact) mass is 255 g/mol. The van der Waals surface area contributed by atoms with Gasteiger partial charge in [0.2, 0.25) is 0 Å². The molecule has 0 aliphatic heterocycles.